The first-order chi connectivity index (χ1) is 12.0. The van der Waals surface area contributed by atoms with Gasteiger partial charge in [-0.3, -0.25) is 9.78 Å². The van der Waals surface area contributed by atoms with Gasteiger partial charge in [-0.15, -0.1) is 0 Å². The molecule has 0 aromatic carbocycles. The topological polar surface area (TPSA) is 77.0 Å². The maximum atomic E-state index is 12.0. The molecule has 0 radical (unpaired) electrons. The number of esters is 1. The Morgan fingerprint density at radius 1 is 1.20 bits per heavy atom. The minimum absolute atomic E-state index is 0.100. The summed E-state index contributed by atoms with van der Waals surface area (Å²) in [6.45, 7) is 6.07. The lowest BCUT2D eigenvalue weighted by Crippen LogP contribution is -2.25. The molecule has 1 unspecified atom stereocenters. The van der Waals surface area contributed by atoms with Crippen molar-refractivity contribution in [1.82, 2.24) is 15.0 Å². The van der Waals surface area contributed by atoms with Crippen molar-refractivity contribution in [3.05, 3.63) is 35.8 Å². The lowest BCUT2D eigenvalue weighted by molar-refractivity contribution is -0.151. The summed E-state index contributed by atoms with van der Waals surface area (Å²) in [6.07, 6.45) is 6.40. The third kappa shape index (κ3) is 4.13. The van der Waals surface area contributed by atoms with Crippen LogP contribution in [0.25, 0.3) is 11.4 Å². The van der Waals surface area contributed by atoms with Crippen LogP contribution in [0.1, 0.15) is 38.4 Å². The van der Waals surface area contributed by atoms with Crippen LogP contribution in [0.3, 0.4) is 0 Å². The fraction of sp³-hybridized carbons (Fsp3) is 0.474. The summed E-state index contributed by atoms with van der Waals surface area (Å²) < 4.78 is 5.27. The molecule has 0 bridgehead atoms. The molecule has 1 atom stereocenters. The Morgan fingerprint density at radius 2 is 1.96 bits per heavy atom. The first-order valence-electron chi connectivity index (χ1n) is 8.79. The first-order valence-corrected chi connectivity index (χ1v) is 8.79. The third-order valence-electron chi connectivity index (χ3n) is 4.20. The summed E-state index contributed by atoms with van der Waals surface area (Å²) in [5.41, 5.74) is 3.21. The molecule has 0 aliphatic heterocycles. The van der Waals surface area contributed by atoms with E-state index < -0.39 is 0 Å². The smallest absolute Gasteiger partial charge is 0.310 e. The van der Waals surface area contributed by atoms with Crippen molar-refractivity contribution in [1.29, 1.82) is 0 Å². The average molecular weight is 340 g/mol. The summed E-state index contributed by atoms with van der Waals surface area (Å²) >= 11 is 0. The Kier molecular flexibility index (Phi) is 5.26. The Balaban J connectivity index is 1.79. The summed E-state index contributed by atoms with van der Waals surface area (Å²) in [6, 6.07) is 3.81. The van der Waals surface area contributed by atoms with Crippen LogP contribution >= 0.6 is 0 Å². The zero-order valence-electron chi connectivity index (χ0n) is 15.0. The molecule has 0 saturated heterocycles. The van der Waals surface area contributed by atoms with E-state index in [0.717, 1.165) is 36.3 Å². The molecule has 2 aromatic heterocycles. The van der Waals surface area contributed by atoms with Crippen LogP contribution in [0.5, 0.6) is 0 Å². The van der Waals surface area contributed by atoms with Gasteiger partial charge in [-0.05, 0) is 45.2 Å². The minimum atomic E-state index is -0.237. The molecule has 2 aromatic rings. The van der Waals surface area contributed by atoms with Crippen molar-refractivity contribution < 1.29 is 9.53 Å². The molecule has 0 saturated carbocycles. The van der Waals surface area contributed by atoms with Crippen LogP contribution in [-0.2, 0) is 22.4 Å². The van der Waals surface area contributed by atoms with Gasteiger partial charge < -0.3 is 10.1 Å². The number of hydrogen-bond acceptors (Lipinski definition) is 6. The molecule has 2 heterocycles. The number of anilines is 1. The molecule has 1 aliphatic carbocycles. The fourth-order valence-electron chi connectivity index (χ4n) is 2.89. The summed E-state index contributed by atoms with van der Waals surface area (Å²) in [7, 11) is 0. The second-order valence-corrected chi connectivity index (χ2v) is 6.68. The zero-order chi connectivity index (χ0) is 17.8. The Morgan fingerprint density at radius 3 is 2.68 bits per heavy atom. The molecule has 0 spiro atoms. The van der Waals surface area contributed by atoms with Gasteiger partial charge in [0, 0.05) is 35.8 Å². The van der Waals surface area contributed by atoms with Crippen LogP contribution in [0.15, 0.2) is 24.5 Å². The number of nitrogens with one attached hydrogen (secondary N) is 1. The summed E-state index contributed by atoms with van der Waals surface area (Å²) in [5, 5.41) is 3.34. The van der Waals surface area contributed by atoms with Crippen LogP contribution in [0.4, 0.5) is 5.82 Å². The first kappa shape index (κ1) is 17.3. The summed E-state index contributed by atoms with van der Waals surface area (Å²) in [5.74, 6) is 1.10. The molecule has 3 rings (SSSR count). The highest BCUT2D eigenvalue weighted by atomic mass is 16.5. The van der Waals surface area contributed by atoms with Crippen molar-refractivity contribution >= 4 is 11.8 Å². The highest BCUT2D eigenvalue weighted by Crippen LogP contribution is 2.29. The second kappa shape index (κ2) is 7.59. The van der Waals surface area contributed by atoms with Gasteiger partial charge in [0.25, 0.3) is 0 Å². The van der Waals surface area contributed by atoms with Crippen molar-refractivity contribution in [2.75, 3.05) is 11.9 Å². The predicted molar refractivity (Wildman–Crippen MR) is 96.2 cm³/mol. The lowest BCUT2D eigenvalue weighted by atomic mass is 10.1. The van der Waals surface area contributed by atoms with E-state index in [4.69, 9.17) is 14.7 Å². The molecule has 25 heavy (non-hydrogen) atoms. The normalized spacial score (nSPS) is 14.2. The number of fused-ring (bicyclic) bond motifs is 1. The third-order valence-corrected chi connectivity index (χ3v) is 4.20. The molecular weight excluding hydrogens is 316 g/mol. The molecule has 6 heteroatoms. The Labute approximate surface area is 148 Å². The molecule has 1 aliphatic rings. The molecule has 0 fully saturated rings. The SMILES string of the molecule is CC(C)OC(=O)C(C)CNc1nc(-c2ccncc2)nc2c1CCC2. The van der Waals surface area contributed by atoms with Crippen LogP contribution < -0.4 is 5.32 Å². The predicted octanol–water partition coefficient (Wildman–Crippen LogP) is 3.03. The van der Waals surface area contributed by atoms with E-state index in [2.05, 4.69) is 10.3 Å². The van der Waals surface area contributed by atoms with Gasteiger partial charge in [-0.2, -0.15) is 0 Å². The van der Waals surface area contributed by atoms with E-state index in [0.29, 0.717) is 12.4 Å². The van der Waals surface area contributed by atoms with E-state index in [1.807, 2.05) is 32.9 Å². The fourth-order valence-corrected chi connectivity index (χ4v) is 2.89. The minimum Gasteiger partial charge on any atom is -0.463 e. The molecular formula is C19H24N4O2. The lowest BCUT2D eigenvalue weighted by Gasteiger charge is -2.16. The maximum Gasteiger partial charge on any atom is 0.310 e. The Hall–Kier alpha value is -2.50. The van der Waals surface area contributed by atoms with Crippen molar-refractivity contribution in [3.63, 3.8) is 0 Å². The van der Waals surface area contributed by atoms with Gasteiger partial charge in [0.15, 0.2) is 5.82 Å². The number of hydrogen-bond donors (Lipinski definition) is 1. The van der Waals surface area contributed by atoms with Crippen LogP contribution in [-0.4, -0.2) is 33.6 Å². The Bertz CT molecular complexity index is 747. The van der Waals surface area contributed by atoms with Gasteiger partial charge in [-0.25, -0.2) is 9.97 Å². The number of aryl methyl sites for hydroxylation is 1. The highest BCUT2D eigenvalue weighted by Gasteiger charge is 2.22. The van der Waals surface area contributed by atoms with Gasteiger partial charge >= 0.3 is 5.97 Å². The van der Waals surface area contributed by atoms with Crippen molar-refractivity contribution in [2.24, 2.45) is 5.92 Å². The van der Waals surface area contributed by atoms with Crippen molar-refractivity contribution in [3.8, 4) is 11.4 Å². The second-order valence-electron chi connectivity index (χ2n) is 6.68. The standard InChI is InChI=1S/C19H24N4O2/c1-12(2)25-19(24)13(3)11-21-18-15-5-4-6-16(15)22-17(23-18)14-7-9-20-10-8-14/h7-10,12-13H,4-6,11H2,1-3H3,(H,21,22,23). The average Bonchev–Trinajstić information content (AvgIpc) is 3.08. The number of pyridine rings is 1. The van der Waals surface area contributed by atoms with Gasteiger partial charge in [-0.1, -0.05) is 6.92 Å². The van der Waals surface area contributed by atoms with Crippen LogP contribution in [0.2, 0.25) is 0 Å². The van der Waals surface area contributed by atoms with E-state index >= 15 is 0 Å². The zero-order valence-corrected chi connectivity index (χ0v) is 15.0. The van der Waals surface area contributed by atoms with Crippen LogP contribution in [0, 0.1) is 5.92 Å². The quantitative estimate of drug-likeness (QED) is 0.815. The number of aromatic nitrogens is 3. The monoisotopic (exact) mass is 340 g/mol. The number of rotatable bonds is 6. The van der Waals surface area contributed by atoms with Gasteiger partial charge in [0.05, 0.1) is 12.0 Å². The largest absolute Gasteiger partial charge is 0.463 e. The van der Waals surface area contributed by atoms with E-state index in [-0.39, 0.29) is 18.0 Å². The highest BCUT2D eigenvalue weighted by molar-refractivity contribution is 5.73. The number of ether oxygens (including phenoxy) is 1. The van der Waals surface area contributed by atoms with Gasteiger partial charge in [0.2, 0.25) is 0 Å². The molecule has 1 N–H and O–H groups in total. The summed E-state index contributed by atoms with van der Waals surface area (Å²) in [4.78, 5) is 25.5. The number of nitrogens with zero attached hydrogens (tertiary/aromatic N) is 3. The molecule has 6 nitrogen and oxygen atoms in total. The van der Waals surface area contributed by atoms with Gasteiger partial charge in [0.1, 0.15) is 5.82 Å². The van der Waals surface area contributed by atoms with E-state index in [1.165, 1.54) is 5.56 Å². The molecule has 132 valence electrons. The van der Waals surface area contributed by atoms with Crippen molar-refractivity contribution in [2.45, 2.75) is 46.1 Å². The number of carbonyl (C=O) groups excluding carboxylic acids is 1. The van der Waals surface area contributed by atoms with E-state index in [9.17, 15) is 4.79 Å². The number of carbonyl (C=O) groups is 1. The van der Waals surface area contributed by atoms with E-state index in [1.54, 1.807) is 12.4 Å². The molecule has 0 amide bonds. The maximum absolute atomic E-state index is 12.0.